The van der Waals surface area contributed by atoms with Gasteiger partial charge in [-0.15, -0.1) is 0 Å². The number of hydrogen-bond acceptors (Lipinski definition) is 4. The van der Waals surface area contributed by atoms with Gasteiger partial charge in [-0.2, -0.15) is 18.3 Å². The molecule has 2 heterocycles. The first-order chi connectivity index (χ1) is 14.2. The summed E-state index contributed by atoms with van der Waals surface area (Å²) in [6.07, 6.45) is -2.87. The Bertz CT molecular complexity index is 923. The van der Waals surface area contributed by atoms with E-state index in [2.05, 4.69) is 5.10 Å². The second-order valence-corrected chi connectivity index (χ2v) is 7.03. The average Bonchev–Trinajstić information content (AvgIpc) is 3.10. The Balaban J connectivity index is 1.87. The highest BCUT2D eigenvalue weighted by Gasteiger charge is 2.43. The molecule has 0 atom stereocenters. The molecule has 1 aliphatic heterocycles. The SMILES string of the molecule is COc1ccc(-n2nc(C(F)(F)F)c3c2C(=O)N(CCCCCC(=O)O)CC3)cc1. The third-order valence-corrected chi connectivity index (χ3v) is 5.01. The van der Waals surface area contributed by atoms with Crippen LogP contribution in [-0.4, -0.2) is 51.9 Å². The quantitative estimate of drug-likeness (QED) is 0.654. The molecule has 162 valence electrons. The van der Waals surface area contributed by atoms with Gasteiger partial charge in [-0.3, -0.25) is 9.59 Å². The van der Waals surface area contributed by atoms with E-state index in [0.29, 0.717) is 37.2 Å². The molecular formula is C20H22F3N3O4. The van der Waals surface area contributed by atoms with Gasteiger partial charge < -0.3 is 14.7 Å². The van der Waals surface area contributed by atoms with Crippen molar-refractivity contribution in [3.63, 3.8) is 0 Å². The summed E-state index contributed by atoms with van der Waals surface area (Å²) in [4.78, 5) is 25.1. The summed E-state index contributed by atoms with van der Waals surface area (Å²) < 4.78 is 46.7. The minimum atomic E-state index is -4.67. The number of carboxylic acid groups (broad SMARTS) is 1. The van der Waals surface area contributed by atoms with Crippen LogP contribution in [0.5, 0.6) is 5.75 Å². The molecule has 1 N–H and O–H groups in total. The van der Waals surface area contributed by atoms with E-state index >= 15 is 0 Å². The summed E-state index contributed by atoms with van der Waals surface area (Å²) in [5.41, 5.74) is -0.878. The van der Waals surface area contributed by atoms with Crippen LogP contribution >= 0.6 is 0 Å². The molecule has 1 aliphatic rings. The molecule has 0 saturated heterocycles. The Morgan fingerprint density at radius 2 is 1.90 bits per heavy atom. The fourth-order valence-electron chi connectivity index (χ4n) is 3.51. The van der Waals surface area contributed by atoms with Gasteiger partial charge in [-0.1, -0.05) is 6.42 Å². The third-order valence-electron chi connectivity index (χ3n) is 5.01. The standard InChI is InChI=1S/C20H22F3N3O4/c1-30-14-8-6-13(7-9-14)26-17-15(18(24-26)20(21,22)23)10-12-25(19(17)29)11-4-2-3-5-16(27)28/h6-9H,2-5,10-12H2,1H3,(H,27,28). The molecule has 0 radical (unpaired) electrons. The monoisotopic (exact) mass is 425 g/mol. The topological polar surface area (TPSA) is 84.7 Å². The molecule has 3 rings (SSSR count). The van der Waals surface area contributed by atoms with Gasteiger partial charge in [0.05, 0.1) is 12.8 Å². The summed E-state index contributed by atoms with van der Waals surface area (Å²) in [5, 5.41) is 12.4. The molecule has 0 spiro atoms. The summed E-state index contributed by atoms with van der Waals surface area (Å²) in [6, 6.07) is 6.27. The first kappa shape index (κ1) is 21.7. The van der Waals surface area contributed by atoms with Crippen LogP contribution in [0, 0.1) is 0 Å². The number of alkyl halides is 3. The minimum Gasteiger partial charge on any atom is -0.497 e. The number of rotatable bonds is 8. The smallest absolute Gasteiger partial charge is 0.435 e. The predicted octanol–water partition coefficient (Wildman–Crippen LogP) is 3.54. The number of unbranched alkanes of at least 4 members (excludes halogenated alkanes) is 2. The fourth-order valence-corrected chi connectivity index (χ4v) is 3.51. The van der Waals surface area contributed by atoms with Crippen molar-refractivity contribution in [1.29, 1.82) is 0 Å². The number of fused-ring (bicyclic) bond motifs is 1. The molecule has 0 bridgehead atoms. The van der Waals surface area contributed by atoms with Crippen LogP contribution in [0.3, 0.4) is 0 Å². The van der Waals surface area contributed by atoms with E-state index in [4.69, 9.17) is 9.84 Å². The number of carboxylic acids is 1. The van der Waals surface area contributed by atoms with E-state index in [-0.39, 0.29) is 30.6 Å². The number of methoxy groups -OCH3 is 1. The van der Waals surface area contributed by atoms with Crippen LogP contribution in [0.2, 0.25) is 0 Å². The number of hydrogen-bond donors (Lipinski definition) is 1. The Morgan fingerprint density at radius 3 is 2.50 bits per heavy atom. The van der Waals surface area contributed by atoms with Crippen molar-refractivity contribution in [2.75, 3.05) is 20.2 Å². The van der Waals surface area contributed by atoms with Crippen LogP contribution in [-0.2, 0) is 17.4 Å². The highest BCUT2D eigenvalue weighted by atomic mass is 19.4. The van der Waals surface area contributed by atoms with E-state index in [1.54, 1.807) is 24.3 Å². The third kappa shape index (κ3) is 4.58. The Kier molecular flexibility index (Phi) is 6.33. The lowest BCUT2D eigenvalue weighted by atomic mass is 10.0. The molecule has 30 heavy (non-hydrogen) atoms. The number of carbonyl (C=O) groups is 2. The number of aromatic nitrogens is 2. The predicted molar refractivity (Wildman–Crippen MR) is 101 cm³/mol. The molecule has 0 unspecified atom stereocenters. The molecule has 7 nitrogen and oxygen atoms in total. The number of ether oxygens (including phenoxy) is 1. The zero-order valence-corrected chi connectivity index (χ0v) is 16.4. The van der Waals surface area contributed by atoms with Crippen LogP contribution in [0.1, 0.15) is 47.4 Å². The van der Waals surface area contributed by atoms with Gasteiger partial charge >= 0.3 is 12.1 Å². The number of benzene rings is 1. The first-order valence-corrected chi connectivity index (χ1v) is 9.57. The van der Waals surface area contributed by atoms with Crippen LogP contribution in [0.15, 0.2) is 24.3 Å². The van der Waals surface area contributed by atoms with Gasteiger partial charge in [0.2, 0.25) is 0 Å². The maximum atomic E-state index is 13.5. The molecule has 1 aromatic heterocycles. The highest BCUT2D eigenvalue weighted by Crippen LogP contribution is 2.36. The number of carbonyl (C=O) groups excluding carboxylic acids is 1. The average molecular weight is 425 g/mol. The molecule has 10 heteroatoms. The first-order valence-electron chi connectivity index (χ1n) is 9.57. The number of aliphatic carboxylic acids is 1. The molecule has 1 amide bonds. The van der Waals surface area contributed by atoms with Gasteiger partial charge in [0.15, 0.2) is 5.69 Å². The van der Waals surface area contributed by atoms with Crippen LogP contribution < -0.4 is 4.74 Å². The fraction of sp³-hybridized carbons (Fsp3) is 0.450. The highest BCUT2D eigenvalue weighted by molar-refractivity contribution is 5.96. The largest absolute Gasteiger partial charge is 0.497 e. The lowest BCUT2D eigenvalue weighted by Gasteiger charge is -2.28. The van der Waals surface area contributed by atoms with Gasteiger partial charge in [0.1, 0.15) is 11.4 Å². The van der Waals surface area contributed by atoms with Crippen molar-refractivity contribution in [2.45, 2.75) is 38.3 Å². The van der Waals surface area contributed by atoms with Crippen molar-refractivity contribution in [3.8, 4) is 11.4 Å². The second-order valence-electron chi connectivity index (χ2n) is 7.03. The van der Waals surface area contributed by atoms with E-state index in [1.165, 1.54) is 12.0 Å². The number of nitrogens with zero attached hydrogens (tertiary/aromatic N) is 3. The number of halogens is 3. The summed E-state index contributed by atoms with van der Waals surface area (Å²) in [7, 11) is 1.48. The van der Waals surface area contributed by atoms with Gasteiger partial charge in [0, 0.05) is 25.1 Å². The van der Waals surface area contributed by atoms with E-state index in [0.717, 1.165) is 4.68 Å². The second kappa shape index (κ2) is 8.76. The molecule has 0 fully saturated rings. The lowest BCUT2D eigenvalue weighted by molar-refractivity contribution is -0.142. The lowest BCUT2D eigenvalue weighted by Crippen LogP contribution is -2.39. The van der Waals surface area contributed by atoms with E-state index in [9.17, 15) is 22.8 Å². The van der Waals surface area contributed by atoms with E-state index in [1.807, 2.05) is 0 Å². The Hall–Kier alpha value is -3.04. The molecule has 0 aliphatic carbocycles. The van der Waals surface area contributed by atoms with Gasteiger partial charge in [-0.05, 0) is 43.5 Å². The normalized spacial score (nSPS) is 14.0. The van der Waals surface area contributed by atoms with Gasteiger partial charge in [-0.25, -0.2) is 4.68 Å². The maximum Gasteiger partial charge on any atom is 0.435 e. The van der Waals surface area contributed by atoms with Crippen molar-refractivity contribution < 1.29 is 32.6 Å². The van der Waals surface area contributed by atoms with E-state index < -0.39 is 23.7 Å². The van der Waals surface area contributed by atoms with Gasteiger partial charge in [0.25, 0.3) is 5.91 Å². The van der Waals surface area contributed by atoms with Crippen molar-refractivity contribution in [3.05, 3.63) is 41.2 Å². The maximum absolute atomic E-state index is 13.5. The zero-order chi connectivity index (χ0) is 21.9. The summed E-state index contributed by atoms with van der Waals surface area (Å²) >= 11 is 0. The van der Waals surface area contributed by atoms with Crippen molar-refractivity contribution in [2.24, 2.45) is 0 Å². The van der Waals surface area contributed by atoms with Crippen LogP contribution in [0.4, 0.5) is 13.2 Å². The molecular weight excluding hydrogens is 403 g/mol. The summed E-state index contributed by atoms with van der Waals surface area (Å²) in [5.74, 6) is -0.852. The Labute approximate surface area is 171 Å². The minimum absolute atomic E-state index is 0.0529. The zero-order valence-electron chi connectivity index (χ0n) is 16.4. The van der Waals surface area contributed by atoms with Crippen LogP contribution in [0.25, 0.3) is 5.69 Å². The molecule has 2 aromatic rings. The van der Waals surface area contributed by atoms with Crippen molar-refractivity contribution >= 4 is 11.9 Å². The molecule has 0 saturated carbocycles. The van der Waals surface area contributed by atoms with Crippen molar-refractivity contribution in [1.82, 2.24) is 14.7 Å². The summed E-state index contributed by atoms with van der Waals surface area (Å²) in [6.45, 7) is 0.523. The number of amides is 1. The Morgan fingerprint density at radius 1 is 1.20 bits per heavy atom. The molecule has 1 aromatic carbocycles.